The summed E-state index contributed by atoms with van der Waals surface area (Å²) in [6.45, 7) is 4.56. The van der Waals surface area contributed by atoms with E-state index in [1.165, 1.54) is 7.11 Å². The first-order chi connectivity index (χ1) is 7.60. The van der Waals surface area contributed by atoms with E-state index < -0.39 is 12.2 Å². The Morgan fingerprint density at radius 1 is 1.25 bits per heavy atom. The molecule has 6 heteroatoms. The topological polar surface area (TPSA) is 76.7 Å². The van der Waals surface area contributed by atoms with Crippen molar-refractivity contribution in [2.24, 2.45) is 0 Å². The molecular weight excluding hydrogens is 212 g/mol. The Bertz CT molecular complexity index is 221. The number of hydrogen-bond donors (Lipinski definition) is 2. The molecule has 0 aliphatic rings. The summed E-state index contributed by atoms with van der Waals surface area (Å²) in [7, 11) is 1.28. The van der Waals surface area contributed by atoms with E-state index in [4.69, 9.17) is 4.74 Å². The maximum atomic E-state index is 11.2. The average molecular weight is 232 g/mol. The van der Waals surface area contributed by atoms with Crippen LogP contribution in [-0.2, 0) is 9.47 Å². The Kier molecular flexibility index (Phi) is 8.01. The molecule has 0 heterocycles. The maximum absolute atomic E-state index is 11.2. The highest BCUT2D eigenvalue weighted by molar-refractivity contribution is 5.68. The summed E-state index contributed by atoms with van der Waals surface area (Å²) in [6.07, 6.45) is 0.541. The van der Waals surface area contributed by atoms with Crippen LogP contribution in [0.1, 0.15) is 26.7 Å². The van der Waals surface area contributed by atoms with Gasteiger partial charge in [-0.05, 0) is 13.3 Å². The number of rotatable bonds is 6. The van der Waals surface area contributed by atoms with Crippen molar-refractivity contribution in [2.45, 2.75) is 32.8 Å². The van der Waals surface area contributed by atoms with Crippen LogP contribution in [0, 0.1) is 0 Å². The number of carbonyl (C=O) groups is 2. The van der Waals surface area contributed by atoms with Crippen LogP contribution in [0.3, 0.4) is 0 Å². The third-order valence-electron chi connectivity index (χ3n) is 1.83. The molecule has 0 aliphatic carbocycles. The molecule has 1 atom stereocenters. The lowest BCUT2D eigenvalue weighted by atomic mass is 10.3. The molecule has 0 fully saturated rings. The van der Waals surface area contributed by atoms with Crippen molar-refractivity contribution >= 4 is 12.2 Å². The van der Waals surface area contributed by atoms with Crippen LogP contribution in [0.2, 0.25) is 0 Å². The Balaban J connectivity index is 3.57. The number of carbonyl (C=O) groups excluding carboxylic acids is 2. The van der Waals surface area contributed by atoms with E-state index in [-0.39, 0.29) is 12.6 Å². The van der Waals surface area contributed by atoms with Gasteiger partial charge in [0.1, 0.15) is 6.10 Å². The van der Waals surface area contributed by atoms with E-state index in [0.717, 1.165) is 12.8 Å². The number of amides is 2. The van der Waals surface area contributed by atoms with E-state index in [1.54, 1.807) is 6.92 Å². The van der Waals surface area contributed by atoms with E-state index in [1.807, 2.05) is 6.92 Å². The van der Waals surface area contributed by atoms with Crippen LogP contribution >= 0.6 is 0 Å². The highest BCUT2D eigenvalue weighted by atomic mass is 16.6. The van der Waals surface area contributed by atoms with Gasteiger partial charge in [0.05, 0.1) is 13.7 Å². The fraction of sp³-hybridized carbons (Fsp3) is 0.800. The van der Waals surface area contributed by atoms with E-state index in [9.17, 15) is 9.59 Å². The van der Waals surface area contributed by atoms with Crippen molar-refractivity contribution in [3.63, 3.8) is 0 Å². The van der Waals surface area contributed by atoms with Crippen molar-refractivity contribution in [3.8, 4) is 0 Å². The average Bonchev–Trinajstić information content (AvgIpc) is 2.26. The third kappa shape index (κ3) is 7.90. The molecular formula is C10H20N2O4. The highest BCUT2D eigenvalue weighted by Gasteiger charge is 2.09. The van der Waals surface area contributed by atoms with E-state index in [0.29, 0.717) is 6.54 Å². The monoisotopic (exact) mass is 232 g/mol. The van der Waals surface area contributed by atoms with Gasteiger partial charge in [-0.1, -0.05) is 13.3 Å². The molecule has 0 aromatic rings. The lowest BCUT2D eigenvalue weighted by molar-refractivity contribution is 0.103. The molecule has 94 valence electrons. The zero-order chi connectivity index (χ0) is 12.4. The molecule has 0 rings (SSSR count). The molecule has 0 bridgehead atoms. The summed E-state index contributed by atoms with van der Waals surface area (Å²) in [5.74, 6) is 0. The largest absolute Gasteiger partial charge is 0.453 e. The summed E-state index contributed by atoms with van der Waals surface area (Å²) in [5.41, 5.74) is 0. The van der Waals surface area contributed by atoms with E-state index >= 15 is 0 Å². The van der Waals surface area contributed by atoms with Gasteiger partial charge in [-0.25, -0.2) is 9.59 Å². The quantitative estimate of drug-likeness (QED) is 0.676. The highest BCUT2D eigenvalue weighted by Crippen LogP contribution is 1.91. The SMILES string of the molecule is CCCCNC(=O)O[C@H](C)CNC(=O)OC. The fourth-order valence-electron chi connectivity index (χ4n) is 0.933. The fourth-order valence-corrected chi connectivity index (χ4v) is 0.933. The Morgan fingerprint density at radius 3 is 2.50 bits per heavy atom. The minimum absolute atomic E-state index is 0.230. The Hall–Kier alpha value is -1.46. The van der Waals surface area contributed by atoms with Gasteiger partial charge in [0.2, 0.25) is 0 Å². The molecule has 2 amide bonds. The van der Waals surface area contributed by atoms with Crippen LogP contribution in [0.4, 0.5) is 9.59 Å². The first-order valence-corrected chi connectivity index (χ1v) is 5.36. The number of alkyl carbamates (subject to hydrolysis) is 2. The van der Waals surface area contributed by atoms with Gasteiger partial charge in [-0.3, -0.25) is 0 Å². The lowest BCUT2D eigenvalue weighted by Crippen LogP contribution is -2.36. The Morgan fingerprint density at radius 2 is 1.94 bits per heavy atom. The van der Waals surface area contributed by atoms with Gasteiger partial charge in [0, 0.05) is 6.54 Å². The lowest BCUT2D eigenvalue weighted by Gasteiger charge is -2.14. The first kappa shape index (κ1) is 14.5. The second-order valence-electron chi connectivity index (χ2n) is 3.37. The molecule has 0 unspecified atom stereocenters. The number of nitrogens with one attached hydrogen (secondary N) is 2. The minimum Gasteiger partial charge on any atom is -0.453 e. The van der Waals surface area contributed by atoms with Crippen molar-refractivity contribution in [1.29, 1.82) is 0 Å². The number of methoxy groups -OCH3 is 1. The van der Waals surface area contributed by atoms with Crippen LogP contribution in [-0.4, -0.2) is 38.5 Å². The molecule has 0 radical (unpaired) electrons. The standard InChI is InChI=1S/C10H20N2O4/c1-4-5-6-11-10(14)16-8(2)7-12-9(13)15-3/h8H,4-7H2,1-3H3,(H,11,14)(H,12,13)/t8-/m1/s1. The molecule has 0 spiro atoms. The van der Waals surface area contributed by atoms with Crippen molar-refractivity contribution in [1.82, 2.24) is 10.6 Å². The van der Waals surface area contributed by atoms with Gasteiger partial charge in [-0.2, -0.15) is 0 Å². The third-order valence-corrected chi connectivity index (χ3v) is 1.83. The van der Waals surface area contributed by atoms with Crippen LogP contribution in [0.15, 0.2) is 0 Å². The predicted octanol–water partition coefficient (Wildman–Crippen LogP) is 1.26. The molecule has 6 nitrogen and oxygen atoms in total. The van der Waals surface area contributed by atoms with Gasteiger partial charge in [-0.15, -0.1) is 0 Å². The second kappa shape index (κ2) is 8.82. The van der Waals surface area contributed by atoms with Crippen LogP contribution in [0.25, 0.3) is 0 Å². The first-order valence-electron chi connectivity index (χ1n) is 5.36. The molecule has 16 heavy (non-hydrogen) atoms. The van der Waals surface area contributed by atoms with Gasteiger partial charge in [0.15, 0.2) is 0 Å². The predicted molar refractivity (Wildman–Crippen MR) is 59.3 cm³/mol. The molecule has 0 aromatic carbocycles. The zero-order valence-electron chi connectivity index (χ0n) is 10.0. The van der Waals surface area contributed by atoms with Crippen LogP contribution < -0.4 is 10.6 Å². The van der Waals surface area contributed by atoms with Gasteiger partial charge >= 0.3 is 12.2 Å². The van der Waals surface area contributed by atoms with E-state index in [2.05, 4.69) is 15.4 Å². The Labute approximate surface area is 95.7 Å². The number of unbranched alkanes of at least 4 members (excludes halogenated alkanes) is 1. The van der Waals surface area contributed by atoms with Crippen molar-refractivity contribution in [3.05, 3.63) is 0 Å². The minimum atomic E-state index is -0.540. The second-order valence-corrected chi connectivity index (χ2v) is 3.37. The molecule has 2 N–H and O–H groups in total. The smallest absolute Gasteiger partial charge is 0.407 e. The summed E-state index contributed by atoms with van der Waals surface area (Å²) >= 11 is 0. The summed E-state index contributed by atoms with van der Waals surface area (Å²) in [4.78, 5) is 21.9. The maximum Gasteiger partial charge on any atom is 0.407 e. The molecule has 0 saturated heterocycles. The molecule has 0 saturated carbocycles. The molecule has 0 aromatic heterocycles. The summed E-state index contributed by atoms with van der Waals surface area (Å²) < 4.78 is 9.35. The van der Waals surface area contributed by atoms with Crippen molar-refractivity contribution < 1.29 is 19.1 Å². The van der Waals surface area contributed by atoms with Crippen LogP contribution in [0.5, 0.6) is 0 Å². The summed E-state index contributed by atoms with van der Waals surface area (Å²) in [6, 6.07) is 0. The zero-order valence-corrected chi connectivity index (χ0v) is 10.0. The van der Waals surface area contributed by atoms with Crippen molar-refractivity contribution in [2.75, 3.05) is 20.2 Å². The van der Waals surface area contributed by atoms with Gasteiger partial charge in [0.25, 0.3) is 0 Å². The normalized spacial score (nSPS) is 11.4. The summed E-state index contributed by atoms with van der Waals surface area (Å²) in [5, 5.41) is 5.05. The number of ether oxygens (including phenoxy) is 2. The number of hydrogen-bond acceptors (Lipinski definition) is 4. The molecule has 0 aliphatic heterocycles. The van der Waals surface area contributed by atoms with Gasteiger partial charge < -0.3 is 20.1 Å².